The molecule has 1 N–H and O–H groups in total. The second-order valence-electron chi connectivity index (χ2n) is 7.19. The first-order valence-corrected chi connectivity index (χ1v) is 10.8. The number of aryl methyl sites for hydroxylation is 1. The Morgan fingerprint density at radius 1 is 1.00 bits per heavy atom. The molecule has 2 aromatic carbocycles. The predicted molar refractivity (Wildman–Crippen MR) is 122 cm³/mol. The minimum absolute atomic E-state index is 0.0646. The Labute approximate surface area is 185 Å². The zero-order valence-electron chi connectivity index (χ0n) is 18.1. The third-order valence-corrected chi connectivity index (χ3v) is 6.72. The molecule has 4 rings (SSSR count). The van der Waals surface area contributed by atoms with E-state index in [0.29, 0.717) is 23.1 Å². The number of para-hydroxylation sites is 1. The maximum atomic E-state index is 12.9. The molecule has 1 aliphatic rings. The summed E-state index contributed by atoms with van der Waals surface area (Å²) in [4.78, 5) is 12.9. The van der Waals surface area contributed by atoms with Crippen LogP contribution >= 0.6 is 11.8 Å². The number of thioether (sulfide) groups is 1. The number of fused-ring (bicyclic) bond motifs is 1. The highest BCUT2D eigenvalue weighted by molar-refractivity contribution is 8.01. The third-order valence-electron chi connectivity index (χ3n) is 5.34. The molecule has 2 atom stereocenters. The molecule has 7 nitrogen and oxygen atoms in total. The number of methoxy groups -OCH3 is 3. The van der Waals surface area contributed by atoms with E-state index in [2.05, 4.69) is 5.32 Å². The van der Waals surface area contributed by atoms with Crippen LogP contribution in [-0.2, 0) is 4.79 Å². The molecule has 0 saturated heterocycles. The lowest BCUT2D eigenvalue weighted by Gasteiger charge is -2.22. The standard InChI is InChI=1S/C23H25N3O4S/c1-13-20-21(16-11-18(29-4)19(30-5)12-17(16)28-3)31-14(2)23(27)24-22(20)26(25-13)15-9-7-6-8-10-15/h6-12,14,21H,1-5H3,(H,24,27). The van der Waals surface area contributed by atoms with Gasteiger partial charge in [0.2, 0.25) is 5.91 Å². The summed E-state index contributed by atoms with van der Waals surface area (Å²) in [6.45, 7) is 3.86. The van der Waals surface area contributed by atoms with Crippen molar-refractivity contribution in [3.05, 3.63) is 59.3 Å². The van der Waals surface area contributed by atoms with Gasteiger partial charge in [-0.05, 0) is 32.0 Å². The van der Waals surface area contributed by atoms with E-state index in [0.717, 1.165) is 22.5 Å². The van der Waals surface area contributed by atoms with Crippen LogP contribution in [-0.4, -0.2) is 42.3 Å². The number of ether oxygens (including phenoxy) is 3. The molecule has 0 spiro atoms. The molecule has 31 heavy (non-hydrogen) atoms. The minimum Gasteiger partial charge on any atom is -0.496 e. The van der Waals surface area contributed by atoms with Crippen LogP contribution < -0.4 is 19.5 Å². The van der Waals surface area contributed by atoms with Crippen LogP contribution in [0.3, 0.4) is 0 Å². The van der Waals surface area contributed by atoms with Crippen molar-refractivity contribution >= 4 is 23.5 Å². The summed E-state index contributed by atoms with van der Waals surface area (Å²) in [5.74, 6) is 2.46. The molecule has 2 heterocycles. The van der Waals surface area contributed by atoms with E-state index in [1.54, 1.807) is 37.8 Å². The van der Waals surface area contributed by atoms with Crippen molar-refractivity contribution in [3.63, 3.8) is 0 Å². The lowest BCUT2D eigenvalue weighted by molar-refractivity contribution is -0.115. The molecule has 0 saturated carbocycles. The lowest BCUT2D eigenvalue weighted by atomic mass is 10.0. The molecule has 2 unspecified atom stereocenters. The van der Waals surface area contributed by atoms with Crippen LogP contribution in [0.5, 0.6) is 17.2 Å². The van der Waals surface area contributed by atoms with Crippen molar-refractivity contribution in [2.24, 2.45) is 0 Å². The molecular weight excluding hydrogens is 414 g/mol. The summed E-state index contributed by atoms with van der Waals surface area (Å²) < 4.78 is 18.5. The van der Waals surface area contributed by atoms with Crippen molar-refractivity contribution in [3.8, 4) is 22.9 Å². The van der Waals surface area contributed by atoms with Gasteiger partial charge in [-0.3, -0.25) is 4.79 Å². The van der Waals surface area contributed by atoms with Gasteiger partial charge in [0.25, 0.3) is 0 Å². The summed E-state index contributed by atoms with van der Waals surface area (Å²) >= 11 is 1.55. The van der Waals surface area contributed by atoms with Crippen LogP contribution in [0, 0.1) is 6.92 Å². The van der Waals surface area contributed by atoms with Crippen LogP contribution in [0.15, 0.2) is 42.5 Å². The maximum absolute atomic E-state index is 12.9. The number of anilines is 1. The van der Waals surface area contributed by atoms with Gasteiger partial charge in [0, 0.05) is 17.2 Å². The van der Waals surface area contributed by atoms with Crippen molar-refractivity contribution < 1.29 is 19.0 Å². The number of carbonyl (C=O) groups is 1. The van der Waals surface area contributed by atoms with Crippen molar-refractivity contribution in [2.75, 3.05) is 26.6 Å². The minimum atomic E-state index is -0.279. The summed E-state index contributed by atoms with van der Waals surface area (Å²) in [6, 6.07) is 13.5. The summed E-state index contributed by atoms with van der Waals surface area (Å²) in [5, 5.41) is 7.38. The van der Waals surface area contributed by atoms with E-state index < -0.39 is 0 Å². The second kappa shape index (κ2) is 8.55. The normalized spacial score (nSPS) is 18.0. The summed E-state index contributed by atoms with van der Waals surface area (Å²) in [5.41, 5.74) is 3.55. The van der Waals surface area contributed by atoms with Crippen LogP contribution in [0.25, 0.3) is 5.69 Å². The Kier molecular flexibility index (Phi) is 5.82. The Balaban J connectivity index is 1.95. The van der Waals surface area contributed by atoms with Gasteiger partial charge in [0.15, 0.2) is 11.5 Å². The van der Waals surface area contributed by atoms with E-state index in [4.69, 9.17) is 19.3 Å². The van der Waals surface area contributed by atoms with Gasteiger partial charge < -0.3 is 19.5 Å². The van der Waals surface area contributed by atoms with E-state index in [9.17, 15) is 4.79 Å². The van der Waals surface area contributed by atoms with Gasteiger partial charge in [0.1, 0.15) is 11.6 Å². The highest BCUT2D eigenvalue weighted by atomic mass is 32.2. The van der Waals surface area contributed by atoms with Crippen LogP contribution in [0.2, 0.25) is 0 Å². The Bertz CT molecular complexity index is 1110. The molecule has 1 amide bonds. The fourth-order valence-corrected chi connectivity index (χ4v) is 5.11. The highest BCUT2D eigenvalue weighted by Gasteiger charge is 2.36. The van der Waals surface area contributed by atoms with E-state index >= 15 is 0 Å². The molecule has 0 radical (unpaired) electrons. The van der Waals surface area contributed by atoms with Gasteiger partial charge in [-0.2, -0.15) is 5.10 Å². The number of carbonyl (C=O) groups excluding carboxylic acids is 1. The van der Waals surface area contributed by atoms with Crippen LogP contribution in [0.4, 0.5) is 5.82 Å². The molecule has 3 aromatic rings. The predicted octanol–water partition coefficient (Wildman–Crippen LogP) is 4.37. The van der Waals surface area contributed by atoms with Gasteiger partial charge >= 0.3 is 0 Å². The fourth-order valence-electron chi connectivity index (χ4n) is 3.77. The highest BCUT2D eigenvalue weighted by Crippen LogP contribution is 2.50. The molecule has 0 fully saturated rings. The lowest BCUT2D eigenvalue weighted by Crippen LogP contribution is -2.22. The van der Waals surface area contributed by atoms with Crippen molar-refractivity contribution in [2.45, 2.75) is 24.3 Å². The van der Waals surface area contributed by atoms with Gasteiger partial charge in [-0.1, -0.05) is 18.2 Å². The zero-order chi connectivity index (χ0) is 22.1. The van der Waals surface area contributed by atoms with Gasteiger partial charge in [-0.15, -0.1) is 11.8 Å². The largest absolute Gasteiger partial charge is 0.496 e. The Morgan fingerprint density at radius 2 is 1.65 bits per heavy atom. The number of nitrogens with zero attached hydrogens (tertiary/aromatic N) is 2. The Hall–Kier alpha value is -3.13. The summed E-state index contributed by atoms with van der Waals surface area (Å²) in [6.07, 6.45) is 0. The number of aromatic nitrogens is 2. The van der Waals surface area contributed by atoms with Crippen molar-refractivity contribution in [1.29, 1.82) is 0 Å². The molecule has 0 aliphatic carbocycles. The second-order valence-corrected chi connectivity index (χ2v) is 8.64. The fraction of sp³-hybridized carbons (Fsp3) is 0.304. The topological polar surface area (TPSA) is 74.6 Å². The van der Waals surface area contributed by atoms with Gasteiger partial charge in [-0.25, -0.2) is 4.68 Å². The molecule has 0 bridgehead atoms. The first kappa shape index (κ1) is 21.1. The monoisotopic (exact) mass is 439 g/mol. The molecule has 1 aromatic heterocycles. The Morgan fingerprint density at radius 3 is 2.29 bits per heavy atom. The quantitative estimate of drug-likeness (QED) is 0.636. The van der Waals surface area contributed by atoms with Gasteiger partial charge in [0.05, 0.1) is 43.2 Å². The molecule has 8 heteroatoms. The first-order valence-electron chi connectivity index (χ1n) is 9.89. The number of rotatable bonds is 5. The number of benzene rings is 2. The summed E-state index contributed by atoms with van der Waals surface area (Å²) in [7, 11) is 4.82. The van der Waals surface area contributed by atoms with E-state index in [1.165, 1.54) is 0 Å². The molecule has 162 valence electrons. The van der Waals surface area contributed by atoms with Crippen molar-refractivity contribution in [1.82, 2.24) is 9.78 Å². The average Bonchev–Trinajstić information content (AvgIpc) is 3.05. The SMILES string of the molecule is COc1cc(OC)c(C2SC(C)C(=O)Nc3c2c(C)nn3-c2ccccc2)cc1OC. The zero-order valence-corrected chi connectivity index (χ0v) is 18.9. The van der Waals surface area contributed by atoms with E-state index in [-0.39, 0.29) is 16.4 Å². The number of amides is 1. The molecular formula is C23H25N3O4S. The number of nitrogens with one attached hydrogen (secondary N) is 1. The number of hydrogen-bond acceptors (Lipinski definition) is 6. The first-order chi connectivity index (χ1) is 15.0. The molecule has 1 aliphatic heterocycles. The van der Waals surface area contributed by atoms with Crippen LogP contribution in [0.1, 0.15) is 29.0 Å². The maximum Gasteiger partial charge on any atom is 0.238 e. The smallest absolute Gasteiger partial charge is 0.238 e. The third kappa shape index (κ3) is 3.72. The number of hydrogen-bond donors (Lipinski definition) is 1. The van der Waals surface area contributed by atoms with E-state index in [1.807, 2.05) is 56.3 Å². The average molecular weight is 440 g/mol.